The molecule has 0 atom stereocenters. The first-order chi connectivity index (χ1) is 11.9. The van der Waals surface area contributed by atoms with Crippen molar-refractivity contribution in [2.24, 2.45) is 0 Å². The molecule has 2 aromatic rings. The number of rotatable bonds is 7. The predicted molar refractivity (Wildman–Crippen MR) is 95.8 cm³/mol. The molecule has 0 saturated carbocycles. The van der Waals surface area contributed by atoms with Crippen LogP contribution in [0.15, 0.2) is 47.4 Å². The number of carbonyl (C=O) groups is 2. The fourth-order valence-corrected chi connectivity index (χ4v) is 2.95. The van der Waals surface area contributed by atoms with Crippen LogP contribution >= 0.6 is 11.8 Å². The first-order valence-electron chi connectivity index (χ1n) is 7.81. The first kappa shape index (κ1) is 19.0. The molecule has 0 aromatic heterocycles. The maximum absolute atomic E-state index is 12.8. The molecule has 0 spiro atoms. The molecule has 0 bridgehead atoms. The highest BCUT2D eigenvalue weighted by molar-refractivity contribution is 8.00. The maximum Gasteiger partial charge on any atom is 0.316 e. The van der Waals surface area contributed by atoms with Crippen LogP contribution in [0.3, 0.4) is 0 Å². The quantitative estimate of drug-likeness (QED) is 0.607. The molecule has 2 rings (SSSR count). The van der Waals surface area contributed by atoms with Crippen molar-refractivity contribution in [1.29, 1.82) is 0 Å². The first-order valence-corrected chi connectivity index (χ1v) is 8.79. The highest BCUT2D eigenvalue weighted by Crippen LogP contribution is 2.23. The Morgan fingerprint density at radius 3 is 2.52 bits per heavy atom. The van der Waals surface area contributed by atoms with Crippen molar-refractivity contribution in [1.82, 2.24) is 5.32 Å². The lowest BCUT2D eigenvalue weighted by Crippen LogP contribution is -2.28. The van der Waals surface area contributed by atoms with Gasteiger partial charge in [-0.15, -0.1) is 11.8 Å². The second-order valence-corrected chi connectivity index (χ2v) is 6.64. The standard InChI is InChI=1S/C19H20FNO3S/c1-13-3-8-17(14(2)9-13)25-12-19(23)24-11-18(22)21-10-15-4-6-16(20)7-5-15/h3-9H,10-12H2,1-2H3,(H,21,22). The minimum absolute atomic E-state index is 0.148. The van der Waals surface area contributed by atoms with Crippen LogP contribution in [0, 0.1) is 19.7 Å². The number of amides is 1. The second kappa shape index (κ2) is 9.22. The van der Waals surface area contributed by atoms with Crippen LogP contribution in [0.1, 0.15) is 16.7 Å². The van der Waals surface area contributed by atoms with Gasteiger partial charge in [-0.25, -0.2) is 4.39 Å². The van der Waals surface area contributed by atoms with Gasteiger partial charge in [0.1, 0.15) is 5.82 Å². The van der Waals surface area contributed by atoms with Gasteiger partial charge in [0.2, 0.25) is 0 Å². The van der Waals surface area contributed by atoms with E-state index in [1.54, 1.807) is 12.1 Å². The molecule has 0 aliphatic carbocycles. The van der Waals surface area contributed by atoms with Gasteiger partial charge in [0, 0.05) is 11.4 Å². The molecule has 0 heterocycles. The van der Waals surface area contributed by atoms with E-state index in [-0.39, 0.29) is 24.7 Å². The number of hydrogen-bond acceptors (Lipinski definition) is 4. The van der Waals surface area contributed by atoms with E-state index >= 15 is 0 Å². The van der Waals surface area contributed by atoms with E-state index in [1.165, 1.54) is 29.5 Å². The molecule has 0 aliphatic rings. The Labute approximate surface area is 150 Å². The van der Waals surface area contributed by atoms with Gasteiger partial charge in [-0.1, -0.05) is 29.8 Å². The van der Waals surface area contributed by atoms with Gasteiger partial charge in [0.05, 0.1) is 5.75 Å². The van der Waals surface area contributed by atoms with Crippen molar-refractivity contribution in [2.75, 3.05) is 12.4 Å². The molecule has 0 fully saturated rings. The zero-order valence-corrected chi connectivity index (χ0v) is 15.0. The van der Waals surface area contributed by atoms with Crippen molar-refractivity contribution >= 4 is 23.6 Å². The zero-order chi connectivity index (χ0) is 18.2. The molecule has 1 amide bonds. The molecule has 0 saturated heterocycles. The molecule has 25 heavy (non-hydrogen) atoms. The van der Waals surface area contributed by atoms with Crippen LogP contribution in [0.25, 0.3) is 0 Å². The Balaban J connectivity index is 1.68. The van der Waals surface area contributed by atoms with Crippen LogP contribution < -0.4 is 5.32 Å². The van der Waals surface area contributed by atoms with E-state index in [2.05, 4.69) is 11.4 Å². The summed E-state index contributed by atoms with van der Waals surface area (Å²) in [4.78, 5) is 24.4. The molecule has 132 valence electrons. The lowest BCUT2D eigenvalue weighted by Gasteiger charge is -2.08. The van der Waals surface area contributed by atoms with Crippen molar-refractivity contribution in [3.63, 3.8) is 0 Å². The Hall–Kier alpha value is -2.34. The Morgan fingerprint density at radius 2 is 1.84 bits per heavy atom. The number of ether oxygens (including phenoxy) is 1. The lowest BCUT2D eigenvalue weighted by molar-refractivity contribution is -0.145. The molecule has 0 aliphatic heterocycles. The molecule has 0 unspecified atom stereocenters. The monoisotopic (exact) mass is 361 g/mol. The summed E-state index contributed by atoms with van der Waals surface area (Å²) in [6.45, 7) is 3.94. The summed E-state index contributed by atoms with van der Waals surface area (Å²) in [5, 5.41) is 2.62. The summed E-state index contributed by atoms with van der Waals surface area (Å²) in [6, 6.07) is 11.8. The summed E-state index contributed by atoms with van der Waals surface area (Å²) in [5.41, 5.74) is 3.04. The molecule has 4 nitrogen and oxygen atoms in total. The highest BCUT2D eigenvalue weighted by atomic mass is 32.2. The highest BCUT2D eigenvalue weighted by Gasteiger charge is 2.09. The summed E-state index contributed by atoms with van der Waals surface area (Å²) in [5.74, 6) is -1.02. The fraction of sp³-hybridized carbons (Fsp3) is 0.263. The van der Waals surface area contributed by atoms with Crippen LogP contribution in [0.2, 0.25) is 0 Å². The molecule has 2 aromatic carbocycles. The average Bonchev–Trinajstić information content (AvgIpc) is 2.58. The number of thioether (sulfide) groups is 1. The normalized spacial score (nSPS) is 10.4. The smallest absolute Gasteiger partial charge is 0.316 e. The Kier molecular flexibility index (Phi) is 7.01. The van der Waals surface area contributed by atoms with Crippen LogP contribution in [-0.2, 0) is 20.9 Å². The summed E-state index contributed by atoms with van der Waals surface area (Å²) < 4.78 is 17.8. The van der Waals surface area contributed by atoms with Crippen molar-refractivity contribution in [3.8, 4) is 0 Å². The third-order valence-corrected chi connectivity index (χ3v) is 4.59. The predicted octanol–water partition coefficient (Wildman–Crippen LogP) is 3.39. The minimum Gasteiger partial charge on any atom is -0.455 e. The van der Waals surface area contributed by atoms with E-state index in [1.807, 2.05) is 26.0 Å². The van der Waals surface area contributed by atoms with Gasteiger partial charge in [-0.3, -0.25) is 9.59 Å². The molecule has 1 N–H and O–H groups in total. The molecule has 0 radical (unpaired) electrons. The van der Waals surface area contributed by atoms with Gasteiger partial charge < -0.3 is 10.1 Å². The number of carbonyl (C=O) groups excluding carboxylic acids is 2. The largest absolute Gasteiger partial charge is 0.455 e. The van der Waals surface area contributed by atoms with Crippen LogP contribution in [-0.4, -0.2) is 24.2 Å². The lowest BCUT2D eigenvalue weighted by atomic mass is 10.2. The van der Waals surface area contributed by atoms with Crippen LogP contribution in [0.5, 0.6) is 0 Å². The molecular formula is C19H20FNO3S. The van der Waals surface area contributed by atoms with Crippen molar-refractivity contribution in [2.45, 2.75) is 25.3 Å². The van der Waals surface area contributed by atoms with Gasteiger partial charge in [-0.05, 0) is 43.2 Å². The fourth-order valence-electron chi connectivity index (χ4n) is 2.14. The number of aryl methyl sites for hydroxylation is 2. The number of halogens is 1. The molecular weight excluding hydrogens is 341 g/mol. The van der Waals surface area contributed by atoms with E-state index < -0.39 is 11.9 Å². The van der Waals surface area contributed by atoms with E-state index in [0.29, 0.717) is 0 Å². The van der Waals surface area contributed by atoms with E-state index in [0.717, 1.165) is 16.0 Å². The number of nitrogens with one attached hydrogen (secondary N) is 1. The Bertz CT molecular complexity index is 747. The van der Waals surface area contributed by atoms with Gasteiger partial charge in [-0.2, -0.15) is 0 Å². The summed E-state index contributed by atoms with van der Waals surface area (Å²) >= 11 is 1.39. The average molecular weight is 361 g/mol. The zero-order valence-electron chi connectivity index (χ0n) is 14.2. The third kappa shape index (κ3) is 6.58. The number of esters is 1. The van der Waals surface area contributed by atoms with E-state index in [9.17, 15) is 14.0 Å². The van der Waals surface area contributed by atoms with Crippen molar-refractivity contribution in [3.05, 3.63) is 65.0 Å². The van der Waals surface area contributed by atoms with E-state index in [4.69, 9.17) is 4.74 Å². The summed E-state index contributed by atoms with van der Waals surface area (Å²) in [6.07, 6.45) is 0. The number of benzene rings is 2. The minimum atomic E-state index is -0.443. The van der Waals surface area contributed by atoms with Gasteiger partial charge >= 0.3 is 5.97 Å². The summed E-state index contributed by atoms with van der Waals surface area (Å²) in [7, 11) is 0. The van der Waals surface area contributed by atoms with Crippen LogP contribution in [0.4, 0.5) is 4.39 Å². The second-order valence-electron chi connectivity index (χ2n) is 5.62. The maximum atomic E-state index is 12.8. The van der Waals surface area contributed by atoms with Gasteiger partial charge in [0.25, 0.3) is 5.91 Å². The number of hydrogen-bond donors (Lipinski definition) is 1. The molecule has 6 heteroatoms. The third-order valence-electron chi connectivity index (χ3n) is 3.44. The van der Waals surface area contributed by atoms with Crippen molar-refractivity contribution < 1.29 is 18.7 Å². The van der Waals surface area contributed by atoms with Gasteiger partial charge in [0.15, 0.2) is 6.61 Å². The Morgan fingerprint density at radius 1 is 1.12 bits per heavy atom. The topological polar surface area (TPSA) is 55.4 Å². The SMILES string of the molecule is Cc1ccc(SCC(=O)OCC(=O)NCc2ccc(F)cc2)c(C)c1.